The van der Waals surface area contributed by atoms with Crippen LogP contribution in [0.1, 0.15) is 16.1 Å². The molecule has 0 N–H and O–H groups in total. The maximum absolute atomic E-state index is 13.0. The molecule has 1 heterocycles. The molecule has 0 saturated carbocycles. The Morgan fingerprint density at radius 2 is 1.92 bits per heavy atom. The van der Waals surface area contributed by atoms with E-state index in [2.05, 4.69) is 21.0 Å². The van der Waals surface area contributed by atoms with Gasteiger partial charge in [-0.05, 0) is 24.3 Å². The Kier molecular flexibility index (Phi) is 5.08. The number of carbonyl (C=O) groups excluding carboxylic acids is 1. The van der Waals surface area contributed by atoms with Gasteiger partial charge in [0, 0.05) is 36.1 Å². The fraction of sp³-hybridized carbons (Fsp3) is 0.211. The Balaban J connectivity index is 2.00. The van der Waals surface area contributed by atoms with Gasteiger partial charge >= 0.3 is 0 Å². The van der Waals surface area contributed by atoms with Gasteiger partial charge in [0.25, 0.3) is 11.5 Å². The van der Waals surface area contributed by atoms with Crippen LogP contribution in [0.25, 0.3) is 10.8 Å². The van der Waals surface area contributed by atoms with E-state index in [-0.39, 0.29) is 17.2 Å². The summed E-state index contributed by atoms with van der Waals surface area (Å²) in [5.74, 6) is 0.435. The van der Waals surface area contributed by atoms with Gasteiger partial charge in [0.05, 0.1) is 12.5 Å². The smallest absolute Gasteiger partial charge is 0.274 e. The molecule has 6 nitrogen and oxygen atoms in total. The second-order valence-electron chi connectivity index (χ2n) is 5.94. The van der Waals surface area contributed by atoms with Gasteiger partial charge in [-0.2, -0.15) is 5.10 Å². The number of aryl methyl sites for hydroxylation is 1. The number of fused-ring (bicyclic) bond motifs is 1. The standard InChI is InChI=1S/C19H18BrN3O3/c1-22(11-12-10-13(20)8-9-16(12)26-3)19(25)17-14-6-4-5-7-15(14)18(24)23(2)21-17/h4-10H,11H2,1-3H3. The number of hydrogen-bond donors (Lipinski definition) is 0. The van der Waals surface area contributed by atoms with Gasteiger partial charge in [-0.15, -0.1) is 0 Å². The summed E-state index contributed by atoms with van der Waals surface area (Å²) >= 11 is 3.44. The zero-order valence-electron chi connectivity index (χ0n) is 14.7. The number of carbonyl (C=O) groups is 1. The van der Waals surface area contributed by atoms with Crippen LogP contribution in [-0.4, -0.2) is 34.7 Å². The lowest BCUT2D eigenvalue weighted by Crippen LogP contribution is -2.31. The number of methoxy groups -OCH3 is 1. The Labute approximate surface area is 159 Å². The van der Waals surface area contributed by atoms with Crippen LogP contribution >= 0.6 is 15.9 Å². The quantitative estimate of drug-likeness (QED) is 0.656. The SMILES string of the molecule is COc1ccc(Br)cc1CN(C)C(=O)c1nn(C)c(=O)c2ccccc12. The summed E-state index contributed by atoms with van der Waals surface area (Å²) in [6.45, 7) is 0.348. The number of nitrogens with zero attached hydrogens (tertiary/aromatic N) is 3. The van der Waals surface area contributed by atoms with E-state index in [0.29, 0.717) is 23.1 Å². The van der Waals surface area contributed by atoms with Crippen molar-refractivity contribution in [3.63, 3.8) is 0 Å². The Morgan fingerprint density at radius 3 is 2.62 bits per heavy atom. The molecule has 26 heavy (non-hydrogen) atoms. The summed E-state index contributed by atoms with van der Waals surface area (Å²) in [5, 5.41) is 5.22. The van der Waals surface area contributed by atoms with Crippen LogP contribution in [0.5, 0.6) is 5.75 Å². The second kappa shape index (κ2) is 7.29. The van der Waals surface area contributed by atoms with E-state index in [4.69, 9.17) is 4.74 Å². The highest BCUT2D eigenvalue weighted by atomic mass is 79.9. The summed E-state index contributed by atoms with van der Waals surface area (Å²) in [5.41, 5.74) is 0.888. The molecule has 3 rings (SSSR count). The van der Waals surface area contributed by atoms with Crippen molar-refractivity contribution < 1.29 is 9.53 Å². The van der Waals surface area contributed by atoms with Gasteiger partial charge in [0.1, 0.15) is 5.75 Å². The first kappa shape index (κ1) is 18.1. The largest absolute Gasteiger partial charge is 0.496 e. The van der Waals surface area contributed by atoms with Crippen molar-refractivity contribution >= 4 is 32.6 Å². The van der Waals surface area contributed by atoms with Crippen LogP contribution in [0.15, 0.2) is 51.7 Å². The van der Waals surface area contributed by atoms with Crippen LogP contribution in [0.2, 0.25) is 0 Å². The molecule has 0 aliphatic rings. The molecule has 134 valence electrons. The molecule has 2 aromatic carbocycles. The maximum Gasteiger partial charge on any atom is 0.274 e. The third-order valence-electron chi connectivity index (χ3n) is 4.16. The van der Waals surface area contributed by atoms with Crippen LogP contribution in [0, 0.1) is 0 Å². The van der Waals surface area contributed by atoms with Gasteiger partial charge in [-0.1, -0.05) is 34.1 Å². The lowest BCUT2D eigenvalue weighted by atomic mass is 10.1. The molecule has 0 fully saturated rings. The molecule has 0 unspecified atom stereocenters. The van der Waals surface area contributed by atoms with Crippen molar-refractivity contribution in [2.75, 3.05) is 14.2 Å². The molecule has 0 aliphatic heterocycles. The summed E-state index contributed by atoms with van der Waals surface area (Å²) in [4.78, 5) is 26.8. The molecule has 7 heteroatoms. The van der Waals surface area contributed by atoms with Crippen molar-refractivity contribution in [1.29, 1.82) is 0 Å². The Morgan fingerprint density at radius 1 is 1.23 bits per heavy atom. The van der Waals surface area contributed by atoms with Crippen LogP contribution in [0.3, 0.4) is 0 Å². The van der Waals surface area contributed by atoms with Gasteiger partial charge in [0.2, 0.25) is 0 Å². The fourth-order valence-corrected chi connectivity index (χ4v) is 3.25. The predicted octanol–water partition coefficient (Wildman–Crippen LogP) is 2.98. The monoisotopic (exact) mass is 415 g/mol. The number of rotatable bonds is 4. The zero-order valence-corrected chi connectivity index (χ0v) is 16.3. The molecule has 3 aromatic rings. The van der Waals surface area contributed by atoms with Crippen molar-refractivity contribution in [2.24, 2.45) is 7.05 Å². The van der Waals surface area contributed by atoms with E-state index < -0.39 is 0 Å². The molecule has 1 amide bonds. The molecular formula is C19H18BrN3O3. The normalized spacial score (nSPS) is 10.8. The molecule has 0 aliphatic carbocycles. The first-order chi connectivity index (χ1) is 12.4. The van der Waals surface area contributed by atoms with E-state index in [1.807, 2.05) is 18.2 Å². The zero-order chi connectivity index (χ0) is 18.8. The summed E-state index contributed by atoms with van der Waals surface area (Å²) < 4.78 is 7.47. The van der Waals surface area contributed by atoms with E-state index in [1.165, 1.54) is 4.68 Å². The first-order valence-corrected chi connectivity index (χ1v) is 8.75. The van der Waals surface area contributed by atoms with Crippen LogP contribution in [0.4, 0.5) is 0 Å². The lowest BCUT2D eigenvalue weighted by molar-refractivity contribution is 0.0778. The number of hydrogen-bond acceptors (Lipinski definition) is 4. The molecular weight excluding hydrogens is 398 g/mol. The third kappa shape index (κ3) is 3.35. The minimum atomic E-state index is -0.265. The average Bonchev–Trinajstić information content (AvgIpc) is 2.64. The highest BCUT2D eigenvalue weighted by molar-refractivity contribution is 9.10. The molecule has 0 radical (unpaired) electrons. The summed E-state index contributed by atoms with van der Waals surface area (Å²) in [6.07, 6.45) is 0. The van der Waals surface area contributed by atoms with E-state index in [9.17, 15) is 9.59 Å². The fourth-order valence-electron chi connectivity index (χ4n) is 2.84. The Hall–Kier alpha value is -2.67. The third-order valence-corrected chi connectivity index (χ3v) is 4.65. The van der Waals surface area contributed by atoms with Crippen molar-refractivity contribution in [2.45, 2.75) is 6.54 Å². The summed E-state index contributed by atoms with van der Waals surface area (Å²) in [7, 11) is 4.84. The predicted molar refractivity (Wildman–Crippen MR) is 103 cm³/mol. The lowest BCUT2D eigenvalue weighted by Gasteiger charge is -2.19. The molecule has 0 saturated heterocycles. The first-order valence-electron chi connectivity index (χ1n) is 7.96. The molecule has 0 atom stereocenters. The number of aromatic nitrogens is 2. The summed E-state index contributed by atoms with van der Waals surface area (Å²) in [6, 6.07) is 12.6. The van der Waals surface area contributed by atoms with Gasteiger partial charge in [-0.3, -0.25) is 9.59 Å². The number of halogens is 1. The highest BCUT2D eigenvalue weighted by Gasteiger charge is 2.20. The van der Waals surface area contributed by atoms with E-state index >= 15 is 0 Å². The Bertz CT molecular complexity index is 1050. The molecule has 0 spiro atoms. The maximum atomic E-state index is 13.0. The van der Waals surface area contributed by atoms with Crippen LogP contribution in [-0.2, 0) is 13.6 Å². The van der Waals surface area contributed by atoms with Crippen LogP contribution < -0.4 is 10.3 Å². The minimum absolute atomic E-state index is 0.228. The second-order valence-corrected chi connectivity index (χ2v) is 6.86. The van der Waals surface area contributed by atoms with E-state index in [1.54, 1.807) is 50.4 Å². The van der Waals surface area contributed by atoms with Gasteiger partial charge in [-0.25, -0.2) is 4.68 Å². The highest BCUT2D eigenvalue weighted by Crippen LogP contribution is 2.25. The van der Waals surface area contributed by atoms with Crippen molar-refractivity contribution in [1.82, 2.24) is 14.7 Å². The number of benzene rings is 2. The van der Waals surface area contributed by atoms with E-state index in [0.717, 1.165) is 10.0 Å². The average molecular weight is 416 g/mol. The van der Waals surface area contributed by atoms with Crippen molar-refractivity contribution in [3.05, 3.63) is 68.5 Å². The molecule has 0 bridgehead atoms. The number of amides is 1. The molecule has 1 aromatic heterocycles. The number of ether oxygens (including phenoxy) is 1. The van der Waals surface area contributed by atoms with Gasteiger partial charge < -0.3 is 9.64 Å². The minimum Gasteiger partial charge on any atom is -0.496 e. The van der Waals surface area contributed by atoms with Crippen molar-refractivity contribution in [3.8, 4) is 5.75 Å². The topological polar surface area (TPSA) is 64.4 Å². The van der Waals surface area contributed by atoms with Gasteiger partial charge in [0.15, 0.2) is 5.69 Å².